The first-order valence-electron chi connectivity index (χ1n) is 32.4. The highest BCUT2D eigenvalue weighted by atomic mass is 28.5. The molecule has 540 valence electrons. The van der Waals surface area contributed by atoms with Crippen molar-refractivity contribution in [1.29, 1.82) is 0 Å². The average molecular weight is 1460 g/mol. The van der Waals surface area contributed by atoms with Gasteiger partial charge in [0.05, 0.1) is 83.4 Å². The monoisotopic (exact) mass is 1460 g/mol. The Bertz CT molecular complexity index is 2140. The van der Waals surface area contributed by atoms with E-state index in [-0.39, 0.29) is 57.3 Å². The molecule has 0 aliphatic carbocycles. The van der Waals surface area contributed by atoms with E-state index in [0.29, 0.717) is 45.6 Å². The summed E-state index contributed by atoms with van der Waals surface area (Å²) in [5.41, 5.74) is 3.69. The van der Waals surface area contributed by atoms with E-state index in [1.54, 1.807) is 40.8 Å². The quantitative estimate of drug-likeness (QED) is 0.0277. The molecule has 0 aromatic heterocycles. The molecule has 0 amide bonds. The molecule has 0 aliphatic heterocycles. The van der Waals surface area contributed by atoms with Crippen LogP contribution >= 0.6 is 0 Å². The van der Waals surface area contributed by atoms with Gasteiger partial charge in [-0.2, -0.15) is 26.3 Å². The topological polar surface area (TPSA) is 201 Å². The number of aliphatic hydroxyl groups excluding tert-OH is 4. The number of alkyl halides is 6. The second-order valence-corrected chi connectivity index (χ2v) is 58.3. The van der Waals surface area contributed by atoms with Gasteiger partial charge in [0.1, 0.15) is 0 Å². The van der Waals surface area contributed by atoms with Gasteiger partial charge in [0, 0.05) is 32.7 Å². The van der Waals surface area contributed by atoms with Gasteiger partial charge in [0.15, 0.2) is 16.6 Å². The minimum atomic E-state index is -4.35. The summed E-state index contributed by atoms with van der Waals surface area (Å²) in [6.45, 7) is 41.8. The smallest absolute Gasteiger partial charge is 0.389 e. The van der Waals surface area contributed by atoms with Gasteiger partial charge in [-0.15, -0.1) is 0 Å². The van der Waals surface area contributed by atoms with Crippen LogP contribution in [-0.2, 0) is 83.7 Å². The van der Waals surface area contributed by atoms with Crippen LogP contribution in [0.25, 0.3) is 0 Å². The van der Waals surface area contributed by atoms with E-state index in [9.17, 15) is 46.8 Å². The van der Waals surface area contributed by atoms with Gasteiger partial charge < -0.3 is 77.7 Å². The summed E-state index contributed by atoms with van der Waals surface area (Å²) < 4.78 is 160. The minimum Gasteiger partial charge on any atom is -0.436 e. The predicted molar refractivity (Wildman–Crippen MR) is 368 cm³/mol. The first-order valence-corrected chi connectivity index (χ1v) is 55.0. The van der Waals surface area contributed by atoms with Crippen molar-refractivity contribution < 1.29 is 104 Å². The molecule has 7 unspecified atom stereocenters. The molecule has 17 nitrogen and oxygen atoms in total. The Morgan fingerprint density at radius 3 is 1.02 bits per heavy atom. The molecule has 0 aliphatic rings. The number of rotatable bonds is 48. The van der Waals surface area contributed by atoms with Crippen LogP contribution in [0.5, 0.6) is 0 Å². The number of benzene rings is 2. The number of halogens is 6. The molecule has 0 fully saturated rings. The van der Waals surface area contributed by atoms with Crippen molar-refractivity contribution in [1.82, 2.24) is 0 Å². The van der Waals surface area contributed by atoms with Crippen LogP contribution in [0, 0.1) is 5.92 Å². The zero-order chi connectivity index (χ0) is 70.5. The molecular weight excluding hydrogens is 1340 g/mol. The van der Waals surface area contributed by atoms with Crippen LogP contribution in [-0.4, -0.2) is 178 Å². The number of aliphatic hydroxyl groups is 4. The summed E-state index contributed by atoms with van der Waals surface area (Å²) in [7, 11) is -22.8. The molecule has 92 heavy (non-hydrogen) atoms. The normalized spacial score (nSPS) is 16.7. The zero-order valence-corrected chi connectivity index (χ0v) is 67.3. The van der Waals surface area contributed by atoms with Crippen LogP contribution in [0.1, 0.15) is 102 Å². The molecule has 0 saturated carbocycles. The number of hydrogen-bond donors (Lipinski definition) is 4. The van der Waals surface area contributed by atoms with E-state index in [2.05, 4.69) is 33.1 Å². The van der Waals surface area contributed by atoms with E-state index in [4.69, 9.17) is 57.2 Å². The van der Waals surface area contributed by atoms with Crippen LogP contribution in [0.3, 0.4) is 0 Å². The van der Waals surface area contributed by atoms with E-state index < -0.39 is 112 Å². The van der Waals surface area contributed by atoms with Crippen LogP contribution in [0.15, 0.2) is 48.5 Å². The maximum atomic E-state index is 13.5. The highest BCUT2D eigenvalue weighted by Gasteiger charge is 2.50. The van der Waals surface area contributed by atoms with E-state index >= 15 is 0 Å². The van der Waals surface area contributed by atoms with Gasteiger partial charge in [-0.3, -0.25) is 0 Å². The van der Waals surface area contributed by atoms with Crippen molar-refractivity contribution in [3.63, 3.8) is 0 Å². The second kappa shape index (κ2) is 41.6. The van der Waals surface area contributed by atoms with Crippen molar-refractivity contribution in [2.75, 3.05) is 46.2 Å². The Balaban J connectivity index is 0.000000923. The van der Waals surface area contributed by atoms with Gasteiger partial charge in [-0.05, 0) is 204 Å². The van der Waals surface area contributed by atoms with Crippen molar-refractivity contribution in [2.45, 2.75) is 265 Å². The predicted octanol–water partition coefficient (Wildman–Crippen LogP) is 15.0. The Kier molecular flexibility index (Phi) is 40.3. The fourth-order valence-electron chi connectivity index (χ4n) is 9.96. The molecule has 2 aromatic carbocycles. The molecule has 0 radical (unpaired) electrons. The molecule has 2 rings (SSSR count). The number of hydrogen-bond acceptors (Lipinski definition) is 17. The lowest BCUT2D eigenvalue weighted by Gasteiger charge is -2.44. The Hall–Kier alpha value is -0.925. The molecule has 0 heterocycles. The summed E-state index contributed by atoms with van der Waals surface area (Å²) in [6.07, 6.45) is -9.37. The van der Waals surface area contributed by atoms with Gasteiger partial charge in [0.25, 0.3) is 0 Å². The third-order valence-corrected chi connectivity index (χ3v) is 43.9. The van der Waals surface area contributed by atoms with E-state index in [1.165, 1.54) is 0 Å². The molecule has 7 atom stereocenters. The van der Waals surface area contributed by atoms with Gasteiger partial charge in [-0.25, -0.2) is 0 Å². The molecular formula is C61H120F6O17Si8. The van der Waals surface area contributed by atoms with Crippen LogP contribution in [0.4, 0.5) is 26.3 Å². The second-order valence-electron chi connectivity index (χ2n) is 28.0. The Morgan fingerprint density at radius 2 is 0.696 bits per heavy atom. The fraction of sp³-hybridized carbons (Fsp3) is 0.803. The number of ether oxygens (including phenoxy) is 5. The van der Waals surface area contributed by atoms with Crippen molar-refractivity contribution in [3.8, 4) is 0 Å². The summed E-state index contributed by atoms with van der Waals surface area (Å²) in [5, 5.41) is 37.5. The van der Waals surface area contributed by atoms with Crippen molar-refractivity contribution >= 4 is 68.0 Å². The molecule has 0 bridgehead atoms. The lowest BCUT2D eigenvalue weighted by molar-refractivity contribution is -0.132. The molecule has 0 spiro atoms. The summed E-state index contributed by atoms with van der Waals surface area (Å²) in [4.78, 5) is 0. The average Bonchev–Trinajstić information content (AvgIpc) is 0.936. The van der Waals surface area contributed by atoms with Crippen molar-refractivity contribution in [3.05, 3.63) is 70.8 Å². The Labute approximate surface area is 557 Å². The highest BCUT2D eigenvalue weighted by molar-refractivity contribution is 6.91. The first-order chi connectivity index (χ1) is 42.0. The first kappa shape index (κ1) is 89.1. The largest absolute Gasteiger partial charge is 0.436 e. The molecule has 4 N–H and O–H groups in total. The van der Waals surface area contributed by atoms with E-state index in [0.717, 1.165) is 60.0 Å². The third kappa shape index (κ3) is 47.1. The summed E-state index contributed by atoms with van der Waals surface area (Å²) >= 11 is 0. The summed E-state index contributed by atoms with van der Waals surface area (Å²) in [5.74, 6) is 0.376. The zero-order valence-electron chi connectivity index (χ0n) is 59.3. The van der Waals surface area contributed by atoms with Gasteiger partial charge >= 0.3 is 63.7 Å². The van der Waals surface area contributed by atoms with E-state index in [1.807, 2.05) is 108 Å². The standard InChI is InChI=1S/C31H71F3O9Si5.C30H49F3O8Si3/c1-27(16-17-28(2)35)24-37-19-14-21-44(5,6)40-46(9,10)42-48(13,23-18-31(32,33)34)43-47(11,12)41-45(7,8)22-15-20-38-26-30(4)39-25-29(3)36;1-24(34)18-36-20-26-8-12-28(13-9-26)22-38-42(3,4)40-44(7,17-16-30(31,32)33)41-43(5,6)39-23-29-14-10-27(11-15-29)21-37-19-25(2)35/h27-30,35-36H,14-26H2,1-13H3;8-15,24-25,34-35H,16-23H2,1-7H3. The minimum absolute atomic E-state index is 0.120. The third-order valence-electron chi connectivity index (χ3n) is 13.7. The van der Waals surface area contributed by atoms with Crippen LogP contribution in [0.2, 0.25) is 116 Å². The fourth-order valence-corrected chi connectivity index (χ4v) is 46.8. The lowest BCUT2D eigenvalue weighted by atomic mass is 10.0. The van der Waals surface area contributed by atoms with Crippen molar-refractivity contribution in [2.24, 2.45) is 5.92 Å². The lowest BCUT2D eigenvalue weighted by Crippen LogP contribution is -2.60. The highest BCUT2D eigenvalue weighted by Crippen LogP contribution is 2.36. The molecule has 2 aromatic rings. The van der Waals surface area contributed by atoms with Crippen LogP contribution < -0.4 is 0 Å². The van der Waals surface area contributed by atoms with Gasteiger partial charge in [-0.1, -0.05) is 55.5 Å². The molecule has 31 heteroatoms. The maximum absolute atomic E-state index is 13.5. The van der Waals surface area contributed by atoms with Gasteiger partial charge in [0.2, 0.25) is 0 Å². The molecule has 0 saturated heterocycles. The summed E-state index contributed by atoms with van der Waals surface area (Å²) in [6, 6.07) is 16.4. The Morgan fingerprint density at radius 1 is 0.370 bits per heavy atom. The SMILES string of the molecule is CC(O)CCC(C)COCCC[Si](C)(C)O[Si](C)(C)O[Si](C)(CCC(F)(F)F)O[Si](C)(C)O[Si](C)(C)CCCOCC(C)OCC(C)O.CC(O)COCc1ccc(CO[Si](C)(C)O[Si](C)(CCC(F)(F)F)O[Si](C)(C)OCc2ccc(COCC(C)O)cc2)cc1. The maximum Gasteiger partial charge on any atom is 0.389 e.